The first-order valence-electron chi connectivity index (χ1n) is 5.61. The molecule has 2 rings (SSSR count). The molecule has 0 aliphatic carbocycles. The van der Waals surface area contributed by atoms with Crippen LogP contribution in [0.1, 0.15) is 5.69 Å². The molecule has 1 aromatic heterocycles. The molecule has 0 radical (unpaired) electrons. The van der Waals surface area contributed by atoms with E-state index in [-0.39, 0.29) is 6.61 Å². The Morgan fingerprint density at radius 3 is 2.05 bits per heavy atom. The van der Waals surface area contributed by atoms with E-state index in [1.165, 1.54) is 12.5 Å². The third kappa shape index (κ3) is 2.95. The van der Waals surface area contributed by atoms with Crippen LogP contribution in [0.15, 0.2) is 24.7 Å². The highest BCUT2D eigenvalue weighted by molar-refractivity contribution is 5.65. The Labute approximate surface area is 120 Å². The van der Waals surface area contributed by atoms with Crippen molar-refractivity contribution in [3.05, 3.63) is 60.7 Å². The highest BCUT2D eigenvalue weighted by Crippen LogP contribution is 2.40. The molecule has 1 aromatic carbocycles. The maximum atomic E-state index is 11.0. The average Bonchev–Trinajstić information content (AvgIpc) is 2.96. The number of aromatic amines is 1. The van der Waals surface area contributed by atoms with Crippen LogP contribution in [0.2, 0.25) is 0 Å². The number of imidazole rings is 1. The zero-order valence-corrected chi connectivity index (χ0v) is 10.7. The summed E-state index contributed by atoms with van der Waals surface area (Å²) in [6.45, 7) is -0.251. The highest BCUT2D eigenvalue weighted by atomic mass is 16.6. The van der Waals surface area contributed by atoms with E-state index < -0.39 is 37.6 Å². The number of nitro groups is 3. The summed E-state index contributed by atoms with van der Waals surface area (Å²) in [5.74, 6) is -0.657. The van der Waals surface area contributed by atoms with Gasteiger partial charge in [-0.05, 0) is 0 Å². The van der Waals surface area contributed by atoms with E-state index in [0.29, 0.717) is 17.8 Å². The molecule has 0 amide bonds. The van der Waals surface area contributed by atoms with Crippen LogP contribution in [0, 0.1) is 30.3 Å². The Bertz CT molecular complexity index is 707. The lowest BCUT2D eigenvalue weighted by Crippen LogP contribution is -2.04. The van der Waals surface area contributed by atoms with E-state index in [1.54, 1.807) is 0 Å². The van der Waals surface area contributed by atoms with E-state index in [1.807, 2.05) is 0 Å². The fraction of sp³-hybridized carbons (Fsp3) is 0.100. The summed E-state index contributed by atoms with van der Waals surface area (Å²) in [5.41, 5.74) is -2.07. The lowest BCUT2D eigenvalue weighted by molar-refractivity contribution is -0.404. The molecule has 0 fully saturated rings. The van der Waals surface area contributed by atoms with Crippen LogP contribution < -0.4 is 4.74 Å². The number of ether oxygens (including phenoxy) is 1. The molecule has 0 saturated carbocycles. The summed E-state index contributed by atoms with van der Waals surface area (Å²) in [5, 5.41) is 32.7. The molecular weight excluding hydrogens is 302 g/mol. The first-order valence-corrected chi connectivity index (χ1v) is 5.61. The number of benzene rings is 1. The van der Waals surface area contributed by atoms with Gasteiger partial charge in [-0.1, -0.05) is 0 Å². The van der Waals surface area contributed by atoms with Gasteiger partial charge in [0.15, 0.2) is 0 Å². The van der Waals surface area contributed by atoms with Gasteiger partial charge in [-0.15, -0.1) is 0 Å². The van der Waals surface area contributed by atoms with Gasteiger partial charge >= 0.3 is 11.4 Å². The quantitative estimate of drug-likeness (QED) is 0.621. The topological polar surface area (TPSA) is 167 Å². The fourth-order valence-corrected chi connectivity index (χ4v) is 1.62. The Hall–Kier alpha value is -3.57. The number of H-pyrrole nitrogens is 1. The van der Waals surface area contributed by atoms with E-state index >= 15 is 0 Å². The summed E-state index contributed by atoms with van der Waals surface area (Å²) in [6, 6.07) is 1.21. The van der Waals surface area contributed by atoms with Crippen LogP contribution in [-0.4, -0.2) is 24.7 Å². The summed E-state index contributed by atoms with van der Waals surface area (Å²) >= 11 is 0. The minimum Gasteiger partial charge on any atom is -0.476 e. The standard InChI is InChI=1S/C10H7N5O7/c16-13(17)7-1-8(14(18)19)10(9(2-7)15(20)21)22-4-6-3-11-5-12-6/h1-3,5H,4H2,(H,11,12). The van der Waals surface area contributed by atoms with Gasteiger partial charge in [0.1, 0.15) is 6.61 Å². The lowest BCUT2D eigenvalue weighted by Gasteiger charge is -2.06. The van der Waals surface area contributed by atoms with Crippen molar-refractivity contribution in [3.8, 4) is 5.75 Å². The number of nitrogens with one attached hydrogen (secondary N) is 1. The zero-order chi connectivity index (χ0) is 16.3. The number of hydrogen-bond acceptors (Lipinski definition) is 8. The van der Waals surface area contributed by atoms with Gasteiger partial charge in [-0.25, -0.2) is 4.98 Å². The predicted octanol–water partition coefficient (Wildman–Crippen LogP) is 1.71. The molecule has 0 saturated heterocycles. The average molecular weight is 309 g/mol. The molecule has 1 N–H and O–H groups in total. The van der Waals surface area contributed by atoms with Gasteiger partial charge in [0, 0.05) is 0 Å². The van der Waals surface area contributed by atoms with Gasteiger partial charge in [-0.3, -0.25) is 30.3 Å². The van der Waals surface area contributed by atoms with E-state index in [2.05, 4.69) is 9.97 Å². The van der Waals surface area contributed by atoms with Crippen LogP contribution >= 0.6 is 0 Å². The number of nitro benzene ring substituents is 3. The molecule has 0 unspecified atom stereocenters. The molecule has 0 spiro atoms. The lowest BCUT2D eigenvalue weighted by atomic mass is 10.2. The monoisotopic (exact) mass is 309 g/mol. The Morgan fingerprint density at radius 2 is 1.64 bits per heavy atom. The van der Waals surface area contributed by atoms with Crippen molar-refractivity contribution in [2.75, 3.05) is 0 Å². The summed E-state index contributed by atoms with van der Waals surface area (Å²) in [6.07, 6.45) is 2.69. The second-order valence-electron chi connectivity index (χ2n) is 3.95. The molecule has 1 heterocycles. The second kappa shape index (κ2) is 5.82. The van der Waals surface area contributed by atoms with Gasteiger partial charge in [0.05, 0.1) is 45.1 Å². The van der Waals surface area contributed by atoms with Crippen molar-refractivity contribution in [1.82, 2.24) is 9.97 Å². The number of hydrogen-bond donors (Lipinski definition) is 1. The molecular formula is C10H7N5O7. The van der Waals surface area contributed by atoms with Gasteiger partial charge < -0.3 is 9.72 Å². The van der Waals surface area contributed by atoms with Crippen molar-refractivity contribution >= 4 is 17.1 Å². The first-order chi connectivity index (χ1) is 10.4. The number of rotatable bonds is 6. The van der Waals surface area contributed by atoms with Crippen molar-refractivity contribution in [1.29, 1.82) is 0 Å². The summed E-state index contributed by atoms with van der Waals surface area (Å²) in [7, 11) is 0. The minimum atomic E-state index is -0.984. The largest absolute Gasteiger partial charge is 0.476 e. The molecule has 12 heteroatoms. The zero-order valence-electron chi connectivity index (χ0n) is 10.7. The molecule has 22 heavy (non-hydrogen) atoms. The number of nitrogens with zero attached hydrogens (tertiary/aromatic N) is 4. The third-order valence-corrected chi connectivity index (χ3v) is 2.57. The minimum absolute atomic E-state index is 0.251. The Balaban J connectivity index is 2.50. The van der Waals surface area contributed by atoms with Crippen LogP contribution in [0.4, 0.5) is 17.1 Å². The van der Waals surface area contributed by atoms with Crippen molar-refractivity contribution < 1.29 is 19.5 Å². The molecule has 0 aliphatic rings. The first kappa shape index (κ1) is 14.8. The smallest absolute Gasteiger partial charge is 0.325 e. The van der Waals surface area contributed by atoms with Gasteiger partial charge in [-0.2, -0.15) is 0 Å². The fourth-order valence-electron chi connectivity index (χ4n) is 1.62. The molecule has 0 atom stereocenters. The van der Waals surface area contributed by atoms with Crippen LogP contribution in [0.3, 0.4) is 0 Å². The second-order valence-corrected chi connectivity index (χ2v) is 3.95. The predicted molar refractivity (Wildman–Crippen MR) is 69.3 cm³/mol. The number of non-ortho nitro benzene ring substituents is 1. The highest BCUT2D eigenvalue weighted by Gasteiger charge is 2.32. The molecule has 0 aliphatic heterocycles. The van der Waals surface area contributed by atoms with Crippen LogP contribution in [0.5, 0.6) is 5.75 Å². The van der Waals surface area contributed by atoms with Gasteiger partial charge in [0.25, 0.3) is 11.4 Å². The van der Waals surface area contributed by atoms with E-state index in [4.69, 9.17) is 4.74 Å². The van der Waals surface area contributed by atoms with E-state index in [9.17, 15) is 30.3 Å². The van der Waals surface area contributed by atoms with Crippen molar-refractivity contribution in [2.45, 2.75) is 6.61 Å². The SMILES string of the molecule is O=[N+]([O-])c1cc([N+](=O)[O-])c(OCc2cnc[nH]2)c([N+](=O)[O-])c1. The normalized spacial score (nSPS) is 10.2. The van der Waals surface area contributed by atoms with Crippen molar-refractivity contribution in [3.63, 3.8) is 0 Å². The maximum Gasteiger partial charge on any atom is 0.325 e. The van der Waals surface area contributed by atoms with Crippen LogP contribution in [0.25, 0.3) is 0 Å². The molecule has 114 valence electrons. The Morgan fingerprint density at radius 1 is 1.05 bits per heavy atom. The number of aromatic nitrogens is 2. The van der Waals surface area contributed by atoms with Gasteiger partial charge in [0.2, 0.25) is 0 Å². The van der Waals surface area contributed by atoms with Crippen LogP contribution in [-0.2, 0) is 6.61 Å². The maximum absolute atomic E-state index is 11.0. The molecule has 0 bridgehead atoms. The molecule has 2 aromatic rings. The summed E-state index contributed by atoms with van der Waals surface area (Å²) in [4.78, 5) is 36.1. The van der Waals surface area contributed by atoms with E-state index in [0.717, 1.165) is 0 Å². The Kier molecular flexibility index (Phi) is 3.92. The third-order valence-electron chi connectivity index (χ3n) is 2.57. The van der Waals surface area contributed by atoms with Crippen molar-refractivity contribution in [2.24, 2.45) is 0 Å². The molecule has 12 nitrogen and oxygen atoms in total. The summed E-state index contributed by atoms with van der Waals surface area (Å²) < 4.78 is 5.09.